The third kappa shape index (κ3) is 3.10. The molecule has 3 heteroatoms. The van der Waals surface area contributed by atoms with E-state index in [4.69, 9.17) is 5.11 Å². The van der Waals surface area contributed by atoms with E-state index in [9.17, 15) is 5.11 Å². The van der Waals surface area contributed by atoms with Crippen LogP contribution in [-0.4, -0.2) is 47.0 Å². The zero-order valence-electron chi connectivity index (χ0n) is 8.29. The maximum Gasteiger partial charge on any atom is 0.100 e. The van der Waals surface area contributed by atoms with Crippen LogP contribution in [-0.2, 0) is 0 Å². The zero-order chi connectivity index (χ0) is 9.90. The fourth-order valence-electron chi connectivity index (χ4n) is 1.85. The Hall–Kier alpha value is -0.380. The quantitative estimate of drug-likeness (QED) is 0.625. The van der Waals surface area contributed by atoms with Crippen LogP contribution in [0, 0.1) is 0 Å². The Bertz CT molecular complexity index is 193. The molecule has 0 aliphatic carbocycles. The van der Waals surface area contributed by atoms with Gasteiger partial charge in [0.2, 0.25) is 0 Å². The van der Waals surface area contributed by atoms with Crippen molar-refractivity contribution in [2.75, 3.05) is 26.2 Å². The second-order valence-electron chi connectivity index (χ2n) is 4.15. The second-order valence-corrected chi connectivity index (χ2v) is 4.15. The highest BCUT2D eigenvalue weighted by Gasteiger charge is 2.32. The van der Waals surface area contributed by atoms with E-state index in [0.717, 1.165) is 25.1 Å². The third-order valence-corrected chi connectivity index (χ3v) is 2.42. The van der Waals surface area contributed by atoms with Crippen molar-refractivity contribution in [2.24, 2.45) is 0 Å². The summed E-state index contributed by atoms with van der Waals surface area (Å²) in [6, 6.07) is 0. The lowest BCUT2D eigenvalue weighted by molar-refractivity contribution is -0.0647. The fourth-order valence-corrected chi connectivity index (χ4v) is 1.85. The van der Waals surface area contributed by atoms with Crippen LogP contribution in [0.4, 0.5) is 0 Å². The van der Waals surface area contributed by atoms with E-state index in [2.05, 4.69) is 11.5 Å². The average Bonchev–Trinajstić information content (AvgIpc) is 2.03. The molecule has 13 heavy (non-hydrogen) atoms. The van der Waals surface area contributed by atoms with Crippen LogP contribution in [0.3, 0.4) is 0 Å². The lowest BCUT2D eigenvalue weighted by Crippen LogP contribution is -2.50. The maximum atomic E-state index is 9.84. The standard InChI is InChI=1S/C10H19NO2/c1-9(2)6-11-5-3-4-10(13,7-11)8-12/h12-13H,1,3-8H2,2H3. The van der Waals surface area contributed by atoms with Crippen molar-refractivity contribution in [1.82, 2.24) is 4.90 Å². The van der Waals surface area contributed by atoms with E-state index in [-0.39, 0.29) is 6.61 Å². The average molecular weight is 185 g/mol. The van der Waals surface area contributed by atoms with E-state index in [1.54, 1.807) is 0 Å². The van der Waals surface area contributed by atoms with Crippen molar-refractivity contribution >= 4 is 0 Å². The summed E-state index contributed by atoms with van der Waals surface area (Å²) in [5.74, 6) is 0. The molecule has 1 unspecified atom stereocenters. The lowest BCUT2D eigenvalue weighted by Gasteiger charge is -2.38. The first-order valence-electron chi connectivity index (χ1n) is 4.76. The largest absolute Gasteiger partial charge is 0.393 e. The maximum absolute atomic E-state index is 9.84. The molecule has 0 spiro atoms. The topological polar surface area (TPSA) is 43.7 Å². The first-order valence-corrected chi connectivity index (χ1v) is 4.76. The first-order chi connectivity index (χ1) is 6.06. The van der Waals surface area contributed by atoms with Gasteiger partial charge in [-0.1, -0.05) is 12.2 Å². The summed E-state index contributed by atoms with van der Waals surface area (Å²) in [7, 11) is 0. The fraction of sp³-hybridized carbons (Fsp3) is 0.800. The molecule has 1 atom stereocenters. The molecule has 76 valence electrons. The summed E-state index contributed by atoms with van der Waals surface area (Å²) in [5.41, 5.74) is 0.218. The van der Waals surface area contributed by atoms with Gasteiger partial charge in [0.1, 0.15) is 5.60 Å². The summed E-state index contributed by atoms with van der Waals surface area (Å²) in [5, 5.41) is 18.8. The minimum Gasteiger partial charge on any atom is -0.393 e. The summed E-state index contributed by atoms with van der Waals surface area (Å²) in [6.45, 7) is 8.06. The molecule has 0 bridgehead atoms. The van der Waals surface area contributed by atoms with Gasteiger partial charge in [-0.3, -0.25) is 4.90 Å². The molecule has 0 aromatic rings. The van der Waals surface area contributed by atoms with Gasteiger partial charge in [0, 0.05) is 13.1 Å². The van der Waals surface area contributed by atoms with Crippen molar-refractivity contribution in [3.63, 3.8) is 0 Å². The van der Waals surface area contributed by atoms with Crippen LogP contribution < -0.4 is 0 Å². The van der Waals surface area contributed by atoms with Gasteiger partial charge >= 0.3 is 0 Å². The molecule has 0 aromatic carbocycles. The molecule has 0 amide bonds. The predicted molar refractivity (Wildman–Crippen MR) is 52.5 cm³/mol. The van der Waals surface area contributed by atoms with Crippen LogP contribution in [0.2, 0.25) is 0 Å². The number of rotatable bonds is 3. The molecule has 1 saturated heterocycles. The molecule has 1 aliphatic heterocycles. The van der Waals surface area contributed by atoms with Crippen molar-refractivity contribution in [2.45, 2.75) is 25.4 Å². The lowest BCUT2D eigenvalue weighted by atomic mass is 9.93. The number of aliphatic hydroxyl groups excluding tert-OH is 1. The Labute approximate surface area is 79.7 Å². The van der Waals surface area contributed by atoms with Crippen molar-refractivity contribution < 1.29 is 10.2 Å². The molecular formula is C10H19NO2. The Morgan fingerprint density at radius 2 is 2.31 bits per heavy atom. The SMILES string of the molecule is C=C(C)CN1CCCC(O)(CO)C1. The molecule has 1 heterocycles. The number of hydrogen-bond donors (Lipinski definition) is 2. The van der Waals surface area contributed by atoms with Crippen molar-refractivity contribution in [3.8, 4) is 0 Å². The smallest absolute Gasteiger partial charge is 0.100 e. The summed E-state index contributed by atoms with van der Waals surface area (Å²) in [6.07, 6.45) is 1.65. The van der Waals surface area contributed by atoms with Gasteiger partial charge < -0.3 is 10.2 Å². The predicted octanol–water partition coefficient (Wildman–Crippen LogP) is 0.382. The van der Waals surface area contributed by atoms with E-state index in [0.29, 0.717) is 13.0 Å². The van der Waals surface area contributed by atoms with Crippen LogP contribution in [0.1, 0.15) is 19.8 Å². The van der Waals surface area contributed by atoms with Crippen LogP contribution in [0.25, 0.3) is 0 Å². The molecule has 1 rings (SSSR count). The number of piperidine rings is 1. The molecule has 0 saturated carbocycles. The number of hydrogen-bond acceptors (Lipinski definition) is 3. The van der Waals surface area contributed by atoms with Gasteiger partial charge in [-0.05, 0) is 26.3 Å². The van der Waals surface area contributed by atoms with Gasteiger partial charge in [-0.2, -0.15) is 0 Å². The van der Waals surface area contributed by atoms with Crippen LogP contribution in [0.15, 0.2) is 12.2 Å². The van der Waals surface area contributed by atoms with Crippen molar-refractivity contribution in [1.29, 1.82) is 0 Å². The van der Waals surface area contributed by atoms with Crippen molar-refractivity contribution in [3.05, 3.63) is 12.2 Å². The molecule has 0 radical (unpaired) electrons. The first kappa shape index (κ1) is 10.7. The van der Waals surface area contributed by atoms with E-state index >= 15 is 0 Å². The number of aliphatic hydroxyl groups is 2. The van der Waals surface area contributed by atoms with E-state index < -0.39 is 5.60 Å². The molecule has 3 nitrogen and oxygen atoms in total. The van der Waals surface area contributed by atoms with Crippen LogP contribution in [0.5, 0.6) is 0 Å². The highest BCUT2D eigenvalue weighted by Crippen LogP contribution is 2.20. The Kier molecular flexibility index (Phi) is 3.47. The second kappa shape index (κ2) is 4.22. The molecular weight excluding hydrogens is 166 g/mol. The third-order valence-electron chi connectivity index (χ3n) is 2.42. The molecule has 0 aromatic heterocycles. The monoisotopic (exact) mass is 185 g/mol. The molecule has 1 aliphatic rings. The Morgan fingerprint density at radius 1 is 1.62 bits per heavy atom. The molecule has 2 N–H and O–H groups in total. The van der Waals surface area contributed by atoms with Gasteiger partial charge in [0.15, 0.2) is 0 Å². The van der Waals surface area contributed by atoms with Crippen LogP contribution >= 0.6 is 0 Å². The minimum absolute atomic E-state index is 0.139. The normalized spacial score (nSPS) is 30.4. The minimum atomic E-state index is -0.881. The highest BCUT2D eigenvalue weighted by molar-refractivity contribution is 4.95. The summed E-state index contributed by atoms with van der Waals surface area (Å²) in [4.78, 5) is 2.14. The Morgan fingerprint density at radius 3 is 2.85 bits per heavy atom. The van der Waals surface area contributed by atoms with Gasteiger partial charge in [0.25, 0.3) is 0 Å². The number of nitrogens with zero attached hydrogens (tertiary/aromatic N) is 1. The van der Waals surface area contributed by atoms with E-state index in [1.165, 1.54) is 0 Å². The molecule has 1 fully saturated rings. The van der Waals surface area contributed by atoms with Gasteiger partial charge in [0.05, 0.1) is 6.61 Å². The summed E-state index contributed by atoms with van der Waals surface area (Å²) >= 11 is 0. The van der Waals surface area contributed by atoms with E-state index in [1.807, 2.05) is 6.92 Å². The Balaban J connectivity index is 2.46. The highest BCUT2D eigenvalue weighted by atomic mass is 16.3. The zero-order valence-corrected chi connectivity index (χ0v) is 8.29. The summed E-state index contributed by atoms with van der Waals surface area (Å²) < 4.78 is 0. The number of likely N-dealkylation sites (tertiary alicyclic amines) is 1. The van der Waals surface area contributed by atoms with Gasteiger partial charge in [-0.25, -0.2) is 0 Å². The van der Waals surface area contributed by atoms with Gasteiger partial charge in [-0.15, -0.1) is 0 Å². The number of β-amino-alcohol motifs (C(OH)–C–C–N with tert-alkyl or cyclic N) is 1.